The van der Waals surface area contributed by atoms with Crippen LogP contribution in [0.2, 0.25) is 0 Å². The SMILES string of the molecule is CCc1ccc([N+](=O)[O-])cc1S(=O)(=O)N(C)CC(C)C(=O)O. The van der Waals surface area contributed by atoms with Crippen molar-refractivity contribution in [1.82, 2.24) is 4.31 Å². The molecule has 1 N–H and O–H groups in total. The monoisotopic (exact) mass is 330 g/mol. The van der Waals surface area contributed by atoms with Crippen LogP contribution in [-0.4, -0.2) is 42.3 Å². The molecule has 8 nitrogen and oxygen atoms in total. The molecule has 0 amide bonds. The van der Waals surface area contributed by atoms with Gasteiger partial charge in [-0.25, -0.2) is 12.7 Å². The van der Waals surface area contributed by atoms with Crippen LogP contribution in [0, 0.1) is 16.0 Å². The van der Waals surface area contributed by atoms with E-state index in [1.54, 1.807) is 6.92 Å². The number of nitro groups is 1. The van der Waals surface area contributed by atoms with E-state index >= 15 is 0 Å². The minimum Gasteiger partial charge on any atom is -0.481 e. The molecule has 1 unspecified atom stereocenters. The van der Waals surface area contributed by atoms with E-state index in [9.17, 15) is 23.3 Å². The first-order valence-corrected chi connectivity index (χ1v) is 8.01. The lowest BCUT2D eigenvalue weighted by Crippen LogP contribution is -2.34. The largest absolute Gasteiger partial charge is 0.481 e. The lowest BCUT2D eigenvalue weighted by molar-refractivity contribution is -0.385. The Morgan fingerprint density at radius 1 is 1.45 bits per heavy atom. The van der Waals surface area contributed by atoms with Gasteiger partial charge in [0.15, 0.2) is 0 Å². The predicted molar refractivity (Wildman–Crippen MR) is 79.1 cm³/mol. The first kappa shape index (κ1) is 18.1. The third kappa shape index (κ3) is 3.80. The van der Waals surface area contributed by atoms with E-state index in [1.165, 1.54) is 26.1 Å². The van der Waals surface area contributed by atoms with Crippen molar-refractivity contribution in [2.75, 3.05) is 13.6 Å². The number of sulfonamides is 1. The fourth-order valence-electron chi connectivity index (χ4n) is 1.92. The number of nitro benzene ring substituents is 1. The Labute approximate surface area is 128 Å². The highest BCUT2D eigenvalue weighted by molar-refractivity contribution is 7.89. The highest BCUT2D eigenvalue weighted by Gasteiger charge is 2.28. The summed E-state index contributed by atoms with van der Waals surface area (Å²) in [6.07, 6.45) is 0.384. The molecule has 0 radical (unpaired) electrons. The predicted octanol–water partition coefficient (Wildman–Crippen LogP) is 1.50. The fourth-order valence-corrected chi connectivity index (χ4v) is 3.49. The molecule has 1 aromatic carbocycles. The van der Waals surface area contributed by atoms with Crippen molar-refractivity contribution in [3.63, 3.8) is 0 Å². The number of non-ortho nitro benzene ring substituents is 1. The zero-order valence-corrected chi connectivity index (χ0v) is 13.3. The number of aliphatic carboxylic acids is 1. The summed E-state index contributed by atoms with van der Waals surface area (Å²) in [5.41, 5.74) is 0.121. The highest BCUT2D eigenvalue weighted by atomic mass is 32.2. The Bertz CT molecular complexity index is 686. The quantitative estimate of drug-likeness (QED) is 0.598. The molecule has 0 saturated carbocycles. The third-order valence-electron chi connectivity index (χ3n) is 3.28. The summed E-state index contributed by atoms with van der Waals surface area (Å²) in [7, 11) is -2.74. The molecular weight excluding hydrogens is 312 g/mol. The number of rotatable bonds is 7. The maximum Gasteiger partial charge on any atom is 0.307 e. The van der Waals surface area contributed by atoms with Gasteiger partial charge in [0.2, 0.25) is 10.0 Å². The van der Waals surface area contributed by atoms with Gasteiger partial charge in [0.25, 0.3) is 5.69 Å². The molecule has 0 saturated heterocycles. The van der Waals surface area contributed by atoms with E-state index in [-0.39, 0.29) is 17.1 Å². The van der Waals surface area contributed by atoms with Crippen LogP contribution in [0.15, 0.2) is 23.1 Å². The van der Waals surface area contributed by atoms with Gasteiger partial charge >= 0.3 is 5.97 Å². The first-order chi connectivity index (χ1) is 10.1. The van der Waals surface area contributed by atoms with Gasteiger partial charge in [0.05, 0.1) is 15.7 Å². The minimum absolute atomic E-state index is 0.163. The molecule has 0 aliphatic heterocycles. The summed E-state index contributed by atoms with van der Waals surface area (Å²) in [6, 6.07) is 3.66. The molecular formula is C13H18N2O6S. The van der Waals surface area contributed by atoms with E-state index in [1.807, 2.05) is 0 Å². The van der Waals surface area contributed by atoms with Crippen LogP contribution in [0.4, 0.5) is 5.69 Å². The molecule has 0 fully saturated rings. The van der Waals surface area contributed by atoms with Crippen molar-refractivity contribution in [2.24, 2.45) is 5.92 Å². The maximum absolute atomic E-state index is 12.6. The summed E-state index contributed by atoms with van der Waals surface area (Å²) in [6.45, 7) is 2.91. The molecule has 122 valence electrons. The molecule has 1 aromatic rings. The van der Waals surface area contributed by atoms with Crippen LogP contribution in [0.3, 0.4) is 0 Å². The van der Waals surface area contributed by atoms with Crippen molar-refractivity contribution in [3.8, 4) is 0 Å². The standard InChI is InChI=1S/C13H18N2O6S/c1-4-10-5-6-11(15(18)19)7-12(10)22(20,21)14(3)8-9(2)13(16)17/h5-7,9H,4,8H2,1-3H3,(H,16,17). The van der Waals surface area contributed by atoms with Crippen molar-refractivity contribution in [2.45, 2.75) is 25.2 Å². The Morgan fingerprint density at radius 3 is 2.50 bits per heavy atom. The van der Waals surface area contributed by atoms with Crippen LogP contribution in [0.25, 0.3) is 0 Å². The van der Waals surface area contributed by atoms with E-state index in [2.05, 4.69) is 0 Å². The lowest BCUT2D eigenvalue weighted by Gasteiger charge is -2.20. The van der Waals surface area contributed by atoms with Crippen molar-refractivity contribution >= 4 is 21.7 Å². The summed E-state index contributed by atoms with van der Waals surface area (Å²) in [5.74, 6) is -2.00. The lowest BCUT2D eigenvalue weighted by atomic mass is 10.1. The van der Waals surface area contributed by atoms with Crippen molar-refractivity contribution in [1.29, 1.82) is 0 Å². The fraction of sp³-hybridized carbons (Fsp3) is 0.462. The molecule has 0 aromatic heterocycles. The minimum atomic E-state index is -4.00. The number of carbonyl (C=O) groups is 1. The molecule has 0 spiro atoms. The van der Waals surface area contributed by atoms with Gasteiger partial charge in [-0.1, -0.05) is 19.9 Å². The Balaban J connectivity index is 3.28. The molecule has 0 aliphatic carbocycles. The normalized spacial score (nSPS) is 13.1. The molecule has 0 heterocycles. The van der Waals surface area contributed by atoms with Crippen LogP contribution >= 0.6 is 0 Å². The molecule has 0 aliphatic rings. The van der Waals surface area contributed by atoms with Gasteiger partial charge < -0.3 is 5.11 Å². The Hall–Kier alpha value is -2.00. The summed E-state index contributed by atoms with van der Waals surface area (Å²) in [4.78, 5) is 20.9. The van der Waals surface area contributed by atoms with Crippen LogP contribution < -0.4 is 0 Å². The number of carboxylic acid groups (broad SMARTS) is 1. The van der Waals surface area contributed by atoms with E-state index < -0.39 is 26.8 Å². The van der Waals surface area contributed by atoms with Gasteiger partial charge in [-0.05, 0) is 12.0 Å². The van der Waals surface area contributed by atoms with Gasteiger partial charge in [-0.2, -0.15) is 0 Å². The number of hydrogen-bond donors (Lipinski definition) is 1. The summed E-state index contributed by atoms with van der Waals surface area (Å²) >= 11 is 0. The second-order valence-corrected chi connectivity index (χ2v) is 6.94. The van der Waals surface area contributed by atoms with Crippen molar-refractivity contribution in [3.05, 3.63) is 33.9 Å². The van der Waals surface area contributed by atoms with E-state index in [4.69, 9.17) is 5.11 Å². The Morgan fingerprint density at radius 2 is 2.05 bits per heavy atom. The molecule has 0 bridgehead atoms. The van der Waals surface area contributed by atoms with Gasteiger partial charge in [-0.3, -0.25) is 14.9 Å². The number of hydrogen-bond acceptors (Lipinski definition) is 5. The number of aryl methyl sites for hydroxylation is 1. The van der Waals surface area contributed by atoms with Crippen LogP contribution in [0.1, 0.15) is 19.4 Å². The second kappa shape index (κ2) is 6.84. The Kier molecular flexibility index (Phi) is 5.61. The van der Waals surface area contributed by atoms with Crippen LogP contribution in [0.5, 0.6) is 0 Å². The van der Waals surface area contributed by atoms with Gasteiger partial charge in [0, 0.05) is 25.7 Å². The smallest absolute Gasteiger partial charge is 0.307 e. The van der Waals surface area contributed by atoms with Gasteiger partial charge in [-0.15, -0.1) is 0 Å². The third-order valence-corrected chi connectivity index (χ3v) is 5.19. The highest BCUT2D eigenvalue weighted by Crippen LogP contribution is 2.25. The summed E-state index contributed by atoms with van der Waals surface area (Å²) < 4.78 is 26.0. The number of carboxylic acids is 1. The average molecular weight is 330 g/mol. The molecule has 1 atom stereocenters. The first-order valence-electron chi connectivity index (χ1n) is 6.57. The van der Waals surface area contributed by atoms with E-state index in [0.717, 1.165) is 10.4 Å². The van der Waals surface area contributed by atoms with Gasteiger partial charge in [0.1, 0.15) is 0 Å². The molecule has 9 heteroatoms. The van der Waals surface area contributed by atoms with Crippen molar-refractivity contribution < 1.29 is 23.2 Å². The topological polar surface area (TPSA) is 118 Å². The number of benzene rings is 1. The van der Waals surface area contributed by atoms with Crippen LogP contribution in [-0.2, 0) is 21.2 Å². The number of nitrogens with zero attached hydrogens (tertiary/aromatic N) is 2. The van der Waals surface area contributed by atoms with E-state index in [0.29, 0.717) is 12.0 Å². The average Bonchev–Trinajstić information content (AvgIpc) is 2.45. The second-order valence-electron chi connectivity index (χ2n) is 4.93. The summed E-state index contributed by atoms with van der Waals surface area (Å²) in [5, 5.41) is 19.7. The molecule has 22 heavy (non-hydrogen) atoms. The zero-order valence-electron chi connectivity index (χ0n) is 12.5. The molecule has 1 rings (SSSR count). The zero-order chi connectivity index (χ0) is 17.1. The maximum atomic E-state index is 12.6.